The summed E-state index contributed by atoms with van der Waals surface area (Å²) in [5.41, 5.74) is 3.01. The molecular weight excluding hydrogens is 302 g/mol. The number of hydrogen-bond donors (Lipinski definition) is 2. The fourth-order valence-electron chi connectivity index (χ4n) is 1.99. The molecule has 6 nitrogen and oxygen atoms in total. The van der Waals surface area contributed by atoms with E-state index in [1.54, 1.807) is 10.9 Å². The number of nitrogens with one attached hydrogen (secondary N) is 1. The van der Waals surface area contributed by atoms with Gasteiger partial charge in [0, 0.05) is 25.4 Å². The van der Waals surface area contributed by atoms with Crippen LogP contribution in [-0.2, 0) is 23.2 Å². The molecule has 2 aromatic rings. The molecule has 116 valence electrons. The second-order valence-electron chi connectivity index (χ2n) is 4.72. The standard InChI is InChI=1S/C15H17N3O3S/c1-18-8-12(7-17-18)13-5-3-2-4-11(13)6-16-14(19)9-22-10-15(20)21/h2-5,7-8H,6,9-10H2,1H3,(H,16,19)(H,20,21). The van der Waals surface area contributed by atoms with E-state index in [1.165, 1.54) is 0 Å². The van der Waals surface area contributed by atoms with Gasteiger partial charge in [-0.15, -0.1) is 11.8 Å². The number of nitrogens with zero attached hydrogens (tertiary/aromatic N) is 2. The zero-order chi connectivity index (χ0) is 15.9. The molecule has 1 heterocycles. The molecule has 0 radical (unpaired) electrons. The van der Waals surface area contributed by atoms with Gasteiger partial charge in [0.15, 0.2) is 0 Å². The van der Waals surface area contributed by atoms with Crippen LogP contribution in [0.3, 0.4) is 0 Å². The van der Waals surface area contributed by atoms with Crippen molar-refractivity contribution in [1.82, 2.24) is 15.1 Å². The van der Waals surface area contributed by atoms with Gasteiger partial charge in [0.05, 0.1) is 17.7 Å². The molecule has 0 saturated carbocycles. The topological polar surface area (TPSA) is 84.2 Å². The van der Waals surface area contributed by atoms with E-state index in [0.29, 0.717) is 6.54 Å². The lowest BCUT2D eigenvalue weighted by Crippen LogP contribution is -2.25. The molecule has 0 unspecified atom stereocenters. The minimum atomic E-state index is -0.917. The summed E-state index contributed by atoms with van der Waals surface area (Å²) in [7, 11) is 1.85. The van der Waals surface area contributed by atoms with Gasteiger partial charge in [0.2, 0.25) is 5.91 Å². The van der Waals surface area contributed by atoms with Gasteiger partial charge in [-0.25, -0.2) is 0 Å². The Morgan fingerprint density at radius 3 is 2.77 bits per heavy atom. The summed E-state index contributed by atoms with van der Waals surface area (Å²) in [6, 6.07) is 7.79. The molecule has 0 fully saturated rings. The molecule has 1 amide bonds. The van der Waals surface area contributed by atoms with Gasteiger partial charge in [0.25, 0.3) is 0 Å². The predicted octanol–water partition coefficient (Wildman–Crippen LogP) is 1.52. The van der Waals surface area contributed by atoms with Crippen molar-refractivity contribution in [2.75, 3.05) is 11.5 Å². The first-order chi connectivity index (χ1) is 10.6. The molecule has 1 aromatic carbocycles. The van der Waals surface area contributed by atoms with Gasteiger partial charge in [-0.3, -0.25) is 14.3 Å². The van der Waals surface area contributed by atoms with Gasteiger partial charge < -0.3 is 10.4 Å². The van der Waals surface area contributed by atoms with Gasteiger partial charge in [-0.1, -0.05) is 24.3 Å². The molecule has 0 atom stereocenters. The van der Waals surface area contributed by atoms with Crippen LogP contribution in [0.15, 0.2) is 36.7 Å². The van der Waals surface area contributed by atoms with Crippen molar-refractivity contribution in [3.8, 4) is 11.1 Å². The maximum Gasteiger partial charge on any atom is 0.313 e. The average Bonchev–Trinajstić information content (AvgIpc) is 2.91. The molecule has 0 aliphatic carbocycles. The van der Waals surface area contributed by atoms with Crippen molar-refractivity contribution in [2.24, 2.45) is 7.05 Å². The zero-order valence-corrected chi connectivity index (χ0v) is 13.0. The fourth-order valence-corrected chi connectivity index (χ4v) is 2.56. The van der Waals surface area contributed by atoms with Crippen LogP contribution in [0, 0.1) is 0 Å². The Labute approximate surface area is 132 Å². The molecule has 2 rings (SSSR count). The number of aliphatic carboxylic acids is 1. The van der Waals surface area contributed by atoms with Crippen molar-refractivity contribution in [3.63, 3.8) is 0 Å². The van der Waals surface area contributed by atoms with E-state index in [0.717, 1.165) is 28.5 Å². The summed E-state index contributed by atoms with van der Waals surface area (Å²) in [6.07, 6.45) is 3.70. The number of hydrogen-bond acceptors (Lipinski definition) is 4. The molecule has 0 bridgehead atoms. The number of carbonyl (C=O) groups excluding carboxylic acids is 1. The monoisotopic (exact) mass is 319 g/mol. The highest BCUT2D eigenvalue weighted by Crippen LogP contribution is 2.22. The van der Waals surface area contributed by atoms with Crippen LogP contribution in [0.25, 0.3) is 11.1 Å². The van der Waals surface area contributed by atoms with E-state index in [1.807, 2.05) is 37.5 Å². The zero-order valence-electron chi connectivity index (χ0n) is 12.2. The van der Waals surface area contributed by atoms with Crippen LogP contribution in [0.2, 0.25) is 0 Å². The van der Waals surface area contributed by atoms with Gasteiger partial charge >= 0.3 is 5.97 Å². The Morgan fingerprint density at radius 2 is 2.09 bits per heavy atom. The number of benzene rings is 1. The summed E-state index contributed by atoms with van der Waals surface area (Å²) < 4.78 is 1.73. The van der Waals surface area contributed by atoms with Crippen molar-refractivity contribution in [3.05, 3.63) is 42.2 Å². The lowest BCUT2D eigenvalue weighted by atomic mass is 10.0. The van der Waals surface area contributed by atoms with E-state index in [9.17, 15) is 9.59 Å². The molecule has 0 saturated heterocycles. The second kappa shape index (κ2) is 7.65. The number of carboxylic acid groups (broad SMARTS) is 1. The lowest BCUT2D eigenvalue weighted by Gasteiger charge is -2.09. The second-order valence-corrected chi connectivity index (χ2v) is 5.71. The summed E-state index contributed by atoms with van der Waals surface area (Å²) in [4.78, 5) is 22.1. The maximum atomic E-state index is 11.7. The Hall–Kier alpha value is -2.28. The van der Waals surface area contributed by atoms with E-state index >= 15 is 0 Å². The highest BCUT2D eigenvalue weighted by molar-refractivity contribution is 8.00. The largest absolute Gasteiger partial charge is 0.481 e. The third-order valence-electron chi connectivity index (χ3n) is 2.97. The average molecular weight is 319 g/mol. The van der Waals surface area contributed by atoms with Crippen LogP contribution < -0.4 is 5.32 Å². The summed E-state index contributed by atoms with van der Waals surface area (Å²) in [5, 5.41) is 15.5. The number of carboxylic acids is 1. The third kappa shape index (κ3) is 4.63. The van der Waals surface area contributed by atoms with Gasteiger partial charge in [-0.2, -0.15) is 5.10 Å². The van der Waals surface area contributed by atoms with E-state index in [2.05, 4.69) is 10.4 Å². The Bertz CT molecular complexity index is 670. The first-order valence-corrected chi connectivity index (χ1v) is 7.85. The SMILES string of the molecule is Cn1cc(-c2ccccc2CNC(=O)CSCC(=O)O)cn1. The Balaban J connectivity index is 1.96. The van der Waals surface area contributed by atoms with Crippen LogP contribution in [-0.4, -0.2) is 38.3 Å². The van der Waals surface area contributed by atoms with Crippen LogP contribution in [0.1, 0.15) is 5.56 Å². The molecule has 0 aliphatic heterocycles. The van der Waals surface area contributed by atoms with Crippen molar-refractivity contribution >= 4 is 23.6 Å². The molecule has 22 heavy (non-hydrogen) atoms. The van der Waals surface area contributed by atoms with Crippen LogP contribution in [0.4, 0.5) is 0 Å². The minimum absolute atomic E-state index is 0.0698. The third-order valence-corrected chi connectivity index (χ3v) is 3.89. The number of aromatic nitrogens is 2. The van der Waals surface area contributed by atoms with E-state index in [-0.39, 0.29) is 17.4 Å². The highest BCUT2D eigenvalue weighted by Gasteiger charge is 2.08. The number of aryl methyl sites for hydroxylation is 1. The van der Waals surface area contributed by atoms with Crippen molar-refractivity contribution < 1.29 is 14.7 Å². The minimum Gasteiger partial charge on any atom is -0.481 e. The normalized spacial score (nSPS) is 10.4. The van der Waals surface area contributed by atoms with E-state index in [4.69, 9.17) is 5.11 Å². The summed E-state index contributed by atoms with van der Waals surface area (Å²) in [5.74, 6) is -1.02. The number of amides is 1. The lowest BCUT2D eigenvalue weighted by molar-refractivity contribution is -0.133. The number of carbonyl (C=O) groups is 2. The van der Waals surface area contributed by atoms with Crippen molar-refractivity contribution in [1.29, 1.82) is 0 Å². The first-order valence-electron chi connectivity index (χ1n) is 6.69. The molecular formula is C15H17N3O3S. The fraction of sp³-hybridized carbons (Fsp3) is 0.267. The quantitative estimate of drug-likeness (QED) is 0.808. The highest BCUT2D eigenvalue weighted by atomic mass is 32.2. The smallest absolute Gasteiger partial charge is 0.313 e. The molecule has 0 aliphatic rings. The van der Waals surface area contributed by atoms with Crippen LogP contribution in [0.5, 0.6) is 0 Å². The van der Waals surface area contributed by atoms with Gasteiger partial charge in [0.1, 0.15) is 0 Å². The molecule has 1 aromatic heterocycles. The van der Waals surface area contributed by atoms with Crippen molar-refractivity contribution in [2.45, 2.75) is 6.54 Å². The summed E-state index contributed by atoms with van der Waals surface area (Å²) in [6.45, 7) is 0.400. The molecule has 7 heteroatoms. The molecule has 0 spiro atoms. The number of thioether (sulfide) groups is 1. The Kier molecular flexibility index (Phi) is 5.60. The van der Waals surface area contributed by atoms with Crippen LogP contribution >= 0.6 is 11.8 Å². The van der Waals surface area contributed by atoms with Gasteiger partial charge in [-0.05, 0) is 11.1 Å². The maximum absolute atomic E-state index is 11.7. The van der Waals surface area contributed by atoms with E-state index < -0.39 is 5.97 Å². The Morgan fingerprint density at radius 1 is 1.32 bits per heavy atom. The summed E-state index contributed by atoms with van der Waals surface area (Å²) >= 11 is 1.08. The first kappa shape index (κ1) is 16.1. The molecule has 2 N–H and O–H groups in total. The predicted molar refractivity (Wildman–Crippen MR) is 85.5 cm³/mol. The number of rotatable bonds is 7.